The Morgan fingerprint density at radius 1 is 0.759 bits per heavy atom. The minimum Gasteiger partial charge on any atom is -0.370 e. The molecule has 0 radical (unpaired) electrons. The number of hydrogen-bond acceptors (Lipinski definition) is 3. The molecule has 2 heterocycles. The molecule has 6 atom stereocenters. The molecule has 156 valence electrons. The zero-order valence-corrected chi connectivity index (χ0v) is 18.1. The maximum atomic E-state index is 7.50. The van der Waals surface area contributed by atoms with E-state index >= 15 is 0 Å². The summed E-state index contributed by atoms with van der Waals surface area (Å²) in [5.41, 5.74) is 1.42. The third-order valence-corrected chi connectivity index (χ3v) is 7.10. The zero-order valence-electron chi connectivity index (χ0n) is 18.1. The molecule has 0 saturated carbocycles. The van der Waals surface area contributed by atoms with Gasteiger partial charge >= 0.3 is 0 Å². The second-order valence-electron chi connectivity index (χ2n) is 8.68. The van der Waals surface area contributed by atoms with Crippen LogP contribution < -0.4 is 0 Å². The van der Waals surface area contributed by atoms with E-state index in [-0.39, 0.29) is 12.2 Å². The van der Waals surface area contributed by atoms with Crippen LogP contribution in [0.1, 0.15) is 51.7 Å². The van der Waals surface area contributed by atoms with Gasteiger partial charge in [0.25, 0.3) is 0 Å². The normalized spacial score (nSPS) is 26.8. The lowest BCUT2D eigenvalue weighted by atomic mass is 9.73. The van der Waals surface area contributed by atoms with Crippen LogP contribution in [0.4, 0.5) is 0 Å². The van der Waals surface area contributed by atoms with Gasteiger partial charge < -0.3 is 14.2 Å². The van der Waals surface area contributed by atoms with Crippen molar-refractivity contribution in [2.24, 2.45) is 11.8 Å². The molecule has 2 fully saturated rings. The van der Waals surface area contributed by atoms with E-state index in [1.807, 2.05) is 0 Å². The molecule has 0 bridgehead atoms. The number of epoxide rings is 2. The van der Waals surface area contributed by atoms with Gasteiger partial charge in [-0.25, -0.2) is 0 Å². The van der Waals surface area contributed by atoms with Crippen molar-refractivity contribution >= 4 is 0 Å². The van der Waals surface area contributed by atoms with Crippen LogP contribution in [0.15, 0.2) is 60.7 Å². The fraction of sp³-hybridized carbons (Fsp3) is 0.538. The summed E-state index contributed by atoms with van der Waals surface area (Å²) in [7, 11) is 0. The number of benzene rings is 2. The van der Waals surface area contributed by atoms with E-state index < -0.39 is 11.2 Å². The Morgan fingerprint density at radius 2 is 1.10 bits per heavy atom. The summed E-state index contributed by atoms with van der Waals surface area (Å²) in [6.07, 6.45) is 2.19. The van der Waals surface area contributed by atoms with Crippen LogP contribution in [0.25, 0.3) is 0 Å². The van der Waals surface area contributed by atoms with Crippen molar-refractivity contribution in [2.45, 2.75) is 63.9 Å². The summed E-state index contributed by atoms with van der Waals surface area (Å²) in [6, 6.07) is 21.4. The Bertz CT molecular complexity index is 717. The van der Waals surface area contributed by atoms with Gasteiger partial charge in [0, 0.05) is 0 Å². The maximum Gasteiger partial charge on any atom is 0.125 e. The first kappa shape index (κ1) is 20.6. The Morgan fingerprint density at radius 3 is 1.38 bits per heavy atom. The van der Waals surface area contributed by atoms with Crippen molar-refractivity contribution in [3.05, 3.63) is 71.8 Å². The molecule has 6 unspecified atom stereocenters. The molecule has 3 heteroatoms. The summed E-state index contributed by atoms with van der Waals surface area (Å²) in [5, 5.41) is 0. The van der Waals surface area contributed by atoms with Crippen LogP contribution in [0.5, 0.6) is 0 Å². The van der Waals surface area contributed by atoms with E-state index in [2.05, 4.69) is 88.4 Å². The largest absolute Gasteiger partial charge is 0.370 e. The highest BCUT2D eigenvalue weighted by Crippen LogP contribution is 2.55. The molecule has 2 aliphatic heterocycles. The van der Waals surface area contributed by atoms with Crippen molar-refractivity contribution < 1.29 is 14.2 Å². The molecule has 4 rings (SSSR count). The maximum absolute atomic E-state index is 7.50. The molecule has 0 aromatic heterocycles. The van der Waals surface area contributed by atoms with E-state index in [0.717, 1.165) is 26.1 Å². The first-order chi connectivity index (χ1) is 14.1. The van der Waals surface area contributed by atoms with E-state index in [1.54, 1.807) is 0 Å². The van der Waals surface area contributed by atoms with Crippen LogP contribution in [0, 0.1) is 11.8 Å². The minimum atomic E-state index is -0.499. The Labute approximate surface area is 175 Å². The molecule has 2 aliphatic rings. The molecule has 2 saturated heterocycles. The highest BCUT2D eigenvalue weighted by molar-refractivity contribution is 5.32. The van der Waals surface area contributed by atoms with Crippen LogP contribution >= 0.6 is 0 Å². The summed E-state index contributed by atoms with van der Waals surface area (Å²) in [5.74, 6) is 0.617. The SMILES string of the molecule is CCC(C)C(OC(c1ccccc1)(C(C)CC)C1CO1)(c1ccccc1)C1CO1. The smallest absolute Gasteiger partial charge is 0.125 e. The highest BCUT2D eigenvalue weighted by atomic mass is 16.6. The van der Waals surface area contributed by atoms with Crippen LogP contribution in [-0.4, -0.2) is 25.4 Å². The number of rotatable bonds is 10. The van der Waals surface area contributed by atoms with Crippen molar-refractivity contribution in [1.29, 1.82) is 0 Å². The summed E-state index contributed by atoms with van der Waals surface area (Å²) >= 11 is 0. The average molecular weight is 395 g/mol. The molecule has 0 amide bonds. The average Bonchev–Trinajstić information content (AvgIpc) is 3.68. The van der Waals surface area contributed by atoms with Gasteiger partial charge in [-0.2, -0.15) is 0 Å². The molecular formula is C26H34O3. The Hall–Kier alpha value is -1.68. The second-order valence-corrected chi connectivity index (χ2v) is 8.68. The summed E-state index contributed by atoms with van der Waals surface area (Å²) < 4.78 is 19.5. The van der Waals surface area contributed by atoms with Crippen molar-refractivity contribution in [1.82, 2.24) is 0 Å². The van der Waals surface area contributed by atoms with E-state index in [1.165, 1.54) is 11.1 Å². The summed E-state index contributed by atoms with van der Waals surface area (Å²) in [6.45, 7) is 10.6. The highest BCUT2D eigenvalue weighted by Gasteiger charge is 2.61. The van der Waals surface area contributed by atoms with Gasteiger partial charge in [0.05, 0.1) is 13.2 Å². The molecule has 0 spiro atoms. The fourth-order valence-corrected chi connectivity index (χ4v) is 4.90. The van der Waals surface area contributed by atoms with Crippen LogP contribution in [0.3, 0.4) is 0 Å². The Kier molecular flexibility index (Phi) is 5.83. The van der Waals surface area contributed by atoms with Gasteiger partial charge in [-0.1, -0.05) is 101 Å². The third kappa shape index (κ3) is 3.54. The number of hydrogen-bond donors (Lipinski definition) is 0. The van der Waals surface area contributed by atoms with Gasteiger partial charge in [-0.3, -0.25) is 0 Å². The zero-order chi connectivity index (χ0) is 20.5. The van der Waals surface area contributed by atoms with Gasteiger partial charge in [0.15, 0.2) is 0 Å². The topological polar surface area (TPSA) is 34.3 Å². The first-order valence-electron chi connectivity index (χ1n) is 11.1. The van der Waals surface area contributed by atoms with Crippen molar-refractivity contribution in [2.75, 3.05) is 13.2 Å². The standard InChI is InChI=1S/C26H34O3/c1-5-19(3)25(23-17-27-23,21-13-9-7-10-14-21)29-26(20(4)6-2,24-18-28-24)22-15-11-8-12-16-22/h7-16,19-20,23-24H,5-6,17-18H2,1-4H3. The molecule has 0 N–H and O–H groups in total. The first-order valence-corrected chi connectivity index (χ1v) is 11.1. The molecular weight excluding hydrogens is 360 g/mol. The van der Waals surface area contributed by atoms with Crippen molar-refractivity contribution in [3.63, 3.8) is 0 Å². The summed E-state index contributed by atoms with van der Waals surface area (Å²) in [4.78, 5) is 0. The lowest BCUT2D eigenvalue weighted by molar-refractivity contribution is -0.231. The van der Waals surface area contributed by atoms with Gasteiger partial charge in [0.1, 0.15) is 23.4 Å². The minimum absolute atomic E-state index is 0.0748. The number of ether oxygens (including phenoxy) is 3. The lowest BCUT2D eigenvalue weighted by Crippen LogP contribution is -2.53. The van der Waals surface area contributed by atoms with Gasteiger partial charge in [0.2, 0.25) is 0 Å². The monoisotopic (exact) mass is 394 g/mol. The molecule has 29 heavy (non-hydrogen) atoms. The van der Waals surface area contributed by atoms with E-state index in [9.17, 15) is 0 Å². The fourth-order valence-electron chi connectivity index (χ4n) is 4.90. The van der Waals surface area contributed by atoms with E-state index in [4.69, 9.17) is 14.2 Å². The van der Waals surface area contributed by atoms with E-state index in [0.29, 0.717) is 11.8 Å². The molecule has 2 aromatic rings. The van der Waals surface area contributed by atoms with Crippen molar-refractivity contribution in [3.8, 4) is 0 Å². The van der Waals surface area contributed by atoms with Crippen LogP contribution in [-0.2, 0) is 25.4 Å². The molecule has 2 aromatic carbocycles. The van der Waals surface area contributed by atoms with Gasteiger partial charge in [-0.05, 0) is 23.0 Å². The molecule has 0 aliphatic carbocycles. The van der Waals surface area contributed by atoms with Gasteiger partial charge in [-0.15, -0.1) is 0 Å². The predicted molar refractivity (Wildman–Crippen MR) is 116 cm³/mol. The molecule has 3 nitrogen and oxygen atoms in total. The third-order valence-electron chi connectivity index (χ3n) is 7.10. The predicted octanol–water partition coefficient (Wildman–Crippen LogP) is 5.68. The quantitative estimate of drug-likeness (QED) is 0.486. The second kappa shape index (κ2) is 8.22. The Balaban J connectivity index is 1.90. The lowest BCUT2D eigenvalue weighted by Gasteiger charge is -2.49. The van der Waals surface area contributed by atoms with Crippen LogP contribution in [0.2, 0.25) is 0 Å².